The number of ether oxygens (including phenoxy) is 1. The molecule has 0 spiro atoms. The van der Waals surface area contributed by atoms with Crippen LogP contribution < -0.4 is 0 Å². The van der Waals surface area contributed by atoms with Crippen molar-refractivity contribution in [3.63, 3.8) is 0 Å². The topological polar surface area (TPSA) is 46.6 Å². The number of hydrogen-bond acceptors (Lipinski definition) is 3. The summed E-state index contributed by atoms with van der Waals surface area (Å²) >= 11 is 0. The number of nitrogens with zero attached hydrogens (tertiary/aromatic N) is 1. The smallest absolute Gasteiger partial charge is 0.325 e. The minimum atomic E-state index is -0.354. The molecule has 0 bridgehead atoms. The number of hydrogen-bond donors (Lipinski definition) is 0. The molecular weight excluding hydrogens is 206 g/mol. The second-order valence-corrected chi connectivity index (χ2v) is 3.54. The van der Waals surface area contributed by atoms with Gasteiger partial charge in [0.2, 0.25) is 5.91 Å². The summed E-state index contributed by atoms with van der Waals surface area (Å²) in [4.78, 5) is 24.2. The van der Waals surface area contributed by atoms with Gasteiger partial charge in [0.25, 0.3) is 0 Å². The Labute approximate surface area is 97.3 Å². The number of carbonyl (C=O) groups is 2. The molecule has 0 aromatic carbocycles. The zero-order valence-electron chi connectivity index (χ0n) is 10.2. The second kappa shape index (κ2) is 8.95. The van der Waals surface area contributed by atoms with Gasteiger partial charge in [-0.05, 0) is 18.9 Å². The Morgan fingerprint density at radius 1 is 1.31 bits per heavy atom. The fourth-order valence-corrected chi connectivity index (χ4v) is 1.16. The highest BCUT2D eigenvalue weighted by atomic mass is 16.5. The number of carbonyl (C=O) groups excluding carboxylic acids is 2. The summed E-state index contributed by atoms with van der Waals surface area (Å²) in [5, 5.41) is 0. The van der Waals surface area contributed by atoms with Crippen molar-refractivity contribution in [1.29, 1.82) is 0 Å². The van der Waals surface area contributed by atoms with E-state index >= 15 is 0 Å². The molecule has 0 saturated carbocycles. The summed E-state index contributed by atoms with van der Waals surface area (Å²) in [5.74, 6) is -0.574. The highest BCUT2D eigenvalue weighted by molar-refractivity contribution is 5.89. The lowest BCUT2D eigenvalue weighted by atomic mass is 10.3. The third kappa shape index (κ3) is 6.22. The van der Waals surface area contributed by atoms with Crippen molar-refractivity contribution in [2.75, 3.05) is 19.7 Å². The Kier molecular flexibility index (Phi) is 8.21. The number of esters is 1. The Hall–Kier alpha value is -1.32. The molecule has 1 amide bonds. The summed E-state index contributed by atoms with van der Waals surface area (Å²) in [6.07, 6.45) is 3.87. The van der Waals surface area contributed by atoms with E-state index in [-0.39, 0.29) is 18.4 Å². The third-order valence-electron chi connectivity index (χ3n) is 2.06. The van der Waals surface area contributed by atoms with Gasteiger partial charge in [0.05, 0.1) is 6.61 Å². The molecule has 4 nitrogen and oxygen atoms in total. The molecular formula is C12H21NO3. The van der Waals surface area contributed by atoms with E-state index in [1.165, 1.54) is 11.0 Å². The van der Waals surface area contributed by atoms with Crippen LogP contribution in [0.1, 0.15) is 33.1 Å². The van der Waals surface area contributed by atoms with E-state index in [0.29, 0.717) is 13.2 Å². The molecule has 92 valence electrons. The normalized spacial score (nSPS) is 9.62. The maximum atomic E-state index is 11.4. The molecule has 0 aliphatic heterocycles. The highest BCUT2D eigenvalue weighted by Crippen LogP contribution is 1.98. The Morgan fingerprint density at radius 3 is 2.50 bits per heavy atom. The second-order valence-electron chi connectivity index (χ2n) is 3.54. The molecule has 0 radical (unpaired) electrons. The van der Waals surface area contributed by atoms with Gasteiger partial charge in [0.15, 0.2) is 0 Å². The molecule has 4 heteroatoms. The van der Waals surface area contributed by atoms with Gasteiger partial charge in [-0.25, -0.2) is 0 Å². The Morgan fingerprint density at radius 2 is 2.00 bits per heavy atom. The first-order valence-corrected chi connectivity index (χ1v) is 5.72. The van der Waals surface area contributed by atoms with E-state index in [4.69, 9.17) is 4.74 Å². The van der Waals surface area contributed by atoms with Gasteiger partial charge in [-0.1, -0.05) is 26.8 Å². The van der Waals surface area contributed by atoms with E-state index in [0.717, 1.165) is 19.3 Å². The average Bonchev–Trinajstić information content (AvgIpc) is 2.30. The number of amides is 1. The molecule has 0 aromatic heterocycles. The van der Waals surface area contributed by atoms with Crippen LogP contribution in [0.25, 0.3) is 0 Å². The van der Waals surface area contributed by atoms with Crippen LogP contribution >= 0.6 is 0 Å². The van der Waals surface area contributed by atoms with Gasteiger partial charge in [-0.15, -0.1) is 0 Å². The van der Waals surface area contributed by atoms with E-state index in [9.17, 15) is 9.59 Å². The van der Waals surface area contributed by atoms with Crippen LogP contribution in [0.2, 0.25) is 0 Å². The summed E-state index contributed by atoms with van der Waals surface area (Å²) in [6.45, 7) is 8.37. The first-order valence-electron chi connectivity index (χ1n) is 5.72. The van der Waals surface area contributed by atoms with Crippen LogP contribution in [0.3, 0.4) is 0 Å². The molecule has 16 heavy (non-hydrogen) atoms. The van der Waals surface area contributed by atoms with Gasteiger partial charge in [0.1, 0.15) is 6.54 Å². The van der Waals surface area contributed by atoms with Crippen molar-refractivity contribution in [2.24, 2.45) is 0 Å². The maximum absolute atomic E-state index is 11.4. The molecule has 0 unspecified atom stereocenters. The quantitative estimate of drug-likeness (QED) is 0.469. The molecule has 0 rings (SSSR count). The number of rotatable bonds is 8. The van der Waals surface area contributed by atoms with E-state index in [1.807, 2.05) is 13.8 Å². The molecule has 0 heterocycles. The third-order valence-corrected chi connectivity index (χ3v) is 2.06. The lowest BCUT2D eigenvalue weighted by Crippen LogP contribution is -2.36. The Bertz CT molecular complexity index is 238. The summed E-state index contributed by atoms with van der Waals surface area (Å²) in [7, 11) is 0. The molecule has 0 atom stereocenters. The van der Waals surface area contributed by atoms with Crippen molar-refractivity contribution in [3.05, 3.63) is 12.7 Å². The fourth-order valence-electron chi connectivity index (χ4n) is 1.16. The van der Waals surface area contributed by atoms with E-state index in [2.05, 4.69) is 6.58 Å². The van der Waals surface area contributed by atoms with Gasteiger partial charge in [0, 0.05) is 6.54 Å². The zero-order chi connectivity index (χ0) is 12.4. The van der Waals surface area contributed by atoms with Crippen molar-refractivity contribution < 1.29 is 14.3 Å². The molecule has 0 N–H and O–H groups in total. The lowest BCUT2D eigenvalue weighted by molar-refractivity contribution is -0.148. The predicted octanol–water partition coefficient (Wildman–Crippen LogP) is 1.75. The lowest BCUT2D eigenvalue weighted by Gasteiger charge is -2.19. The van der Waals surface area contributed by atoms with Crippen LogP contribution in [0.4, 0.5) is 0 Å². The number of unbranched alkanes of at least 4 members (excludes halogenated alkanes) is 1. The van der Waals surface area contributed by atoms with Crippen LogP contribution in [0.5, 0.6) is 0 Å². The average molecular weight is 227 g/mol. The molecule has 0 aliphatic rings. The predicted molar refractivity (Wildman–Crippen MR) is 62.9 cm³/mol. The monoisotopic (exact) mass is 227 g/mol. The minimum Gasteiger partial charge on any atom is -0.464 e. The SMILES string of the molecule is C=CC(=O)N(CCCC)CC(=O)OCCC. The fraction of sp³-hybridized carbons (Fsp3) is 0.667. The van der Waals surface area contributed by atoms with Crippen LogP contribution in [-0.2, 0) is 14.3 Å². The first kappa shape index (κ1) is 14.7. The van der Waals surface area contributed by atoms with Gasteiger partial charge in [-0.2, -0.15) is 0 Å². The van der Waals surface area contributed by atoms with Crippen LogP contribution in [-0.4, -0.2) is 36.5 Å². The standard InChI is InChI=1S/C12H21NO3/c1-4-7-8-13(11(14)6-3)10-12(15)16-9-5-2/h6H,3-5,7-10H2,1-2H3. The molecule has 0 aromatic rings. The van der Waals surface area contributed by atoms with Crippen LogP contribution in [0.15, 0.2) is 12.7 Å². The van der Waals surface area contributed by atoms with Crippen molar-refractivity contribution >= 4 is 11.9 Å². The molecule has 0 saturated heterocycles. The summed E-state index contributed by atoms with van der Waals surface area (Å²) < 4.78 is 4.93. The van der Waals surface area contributed by atoms with Crippen molar-refractivity contribution in [2.45, 2.75) is 33.1 Å². The van der Waals surface area contributed by atoms with Gasteiger partial charge in [-0.3, -0.25) is 9.59 Å². The van der Waals surface area contributed by atoms with E-state index < -0.39 is 0 Å². The summed E-state index contributed by atoms with van der Waals surface area (Å²) in [5.41, 5.74) is 0. The van der Waals surface area contributed by atoms with Crippen molar-refractivity contribution in [1.82, 2.24) is 4.90 Å². The Balaban J connectivity index is 4.13. The summed E-state index contributed by atoms with van der Waals surface area (Å²) in [6, 6.07) is 0. The first-order chi connectivity index (χ1) is 7.65. The van der Waals surface area contributed by atoms with Crippen LogP contribution in [0, 0.1) is 0 Å². The van der Waals surface area contributed by atoms with Gasteiger partial charge >= 0.3 is 5.97 Å². The van der Waals surface area contributed by atoms with E-state index in [1.54, 1.807) is 0 Å². The maximum Gasteiger partial charge on any atom is 0.325 e. The minimum absolute atomic E-state index is 0.0187. The molecule has 0 fully saturated rings. The molecule has 0 aliphatic carbocycles. The largest absolute Gasteiger partial charge is 0.464 e. The zero-order valence-corrected chi connectivity index (χ0v) is 10.2. The highest BCUT2D eigenvalue weighted by Gasteiger charge is 2.14. The van der Waals surface area contributed by atoms with Crippen molar-refractivity contribution in [3.8, 4) is 0 Å². The van der Waals surface area contributed by atoms with Gasteiger partial charge < -0.3 is 9.64 Å².